The SMILES string of the molecule is Cc1ccc(SCc2nnc(SCCOc3cc(C)cc(C)c3)n2C)cc1. The van der Waals surface area contributed by atoms with Crippen LogP contribution in [0.3, 0.4) is 0 Å². The zero-order valence-electron chi connectivity index (χ0n) is 16.2. The Morgan fingerprint density at radius 1 is 0.889 bits per heavy atom. The van der Waals surface area contributed by atoms with Crippen LogP contribution in [0.4, 0.5) is 0 Å². The van der Waals surface area contributed by atoms with Crippen molar-refractivity contribution in [3.05, 3.63) is 65.0 Å². The van der Waals surface area contributed by atoms with Crippen LogP contribution in [0.1, 0.15) is 22.5 Å². The third kappa shape index (κ3) is 5.78. The van der Waals surface area contributed by atoms with Gasteiger partial charge in [-0.2, -0.15) is 0 Å². The maximum atomic E-state index is 5.87. The third-order valence-corrected chi connectivity index (χ3v) is 6.08. The number of aryl methyl sites for hydroxylation is 3. The molecule has 6 heteroatoms. The molecule has 0 radical (unpaired) electrons. The van der Waals surface area contributed by atoms with Crippen LogP contribution in [0.2, 0.25) is 0 Å². The minimum atomic E-state index is 0.647. The van der Waals surface area contributed by atoms with Crippen LogP contribution in [-0.4, -0.2) is 27.1 Å². The number of nitrogens with zero attached hydrogens (tertiary/aromatic N) is 3. The van der Waals surface area contributed by atoms with E-state index in [1.165, 1.54) is 21.6 Å². The molecular weight excluding hydrogens is 374 g/mol. The molecule has 0 unspecified atom stereocenters. The molecule has 0 amide bonds. The number of hydrogen-bond acceptors (Lipinski definition) is 5. The number of ether oxygens (including phenoxy) is 1. The molecule has 0 saturated carbocycles. The molecule has 0 aliphatic rings. The predicted molar refractivity (Wildman–Crippen MR) is 114 cm³/mol. The Bertz CT molecular complexity index is 871. The van der Waals surface area contributed by atoms with Crippen molar-refractivity contribution in [3.63, 3.8) is 0 Å². The van der Waals surface area contributed by atoms with E-state index >= 15 is 0 Å². The number of benzene rings is 2. The lowest BCUT2D eigenvalue weighted by Crippen LogP contribution is -2.03. The average Bonchev–Trinajstić information content (AvgIpc) is 2.97. The van der Waals surface area contributed by atoms with E-state index in [1.54, 1.807) is 23.5 Å². The largest absolute Gasteiger partial charge is 0.493 e. The van der Waals surface area contributed by atoms with Gasteiger partial charge in [-0.15, -0.1) is 22.0 Å². The van der Waals surface area contributed by atoms with E-state index in [-0.39, 0.29) is 0 Å². The first kappa shape index (κ1) is 19.8. The molecule has 142 valence electrons. The van der Waals surface area contributed by atoms with Crippen LogP contribution in [0.5, 0.6) is 5.75 Å². The number of thioether (sulfide) groups is 2. The summed E-state index contributed by atoms with van der Waals surface area (Å²) in [6, 6.07) is 14.9. The standard InChI is InChI=1S/C21H25N3OS2/c1-15-5-7-19(8-6-15)27-14-20-22-23-21(24(20)4)26-10-9-25-18-12-16(2)11-17(3)13-18/h5-8,11-13H,9-10,14H2,1-4H3. The zero-order valence-corrected chi connectivity index (χ0v) is 17.9. The molecule has 3 aromatic rings. The lowest BCUT2D eigenvalue weighted by atomic mass is 10.1. The molecule has 27 heavy (non-hydrogen) atoms. The van der Waals surface area contributed by atoms with E-state index < -0.39 is 0 Å². The summed E-state index contributed by atoms with van der Waals surface area (Å²) in [5.74, 6) is 3.57. The van der Waals surface area contributed by atoms with Gasteiger partial charge < -0.3 is 9.30 Å². The fourth-order valence-electron chi connectivity index (χ4n) is 2.69. The number of hydrogen-bond donors (Lipinski definition) is 0. The summed E-state index contributed by atoms with van der Waals surface area (Å²) < 4.78 is 7.94. The first-order chi connectivity index (χ1) is 13.0. The Hall–Kier alpha value is -1.92. The monoisotopic (exact) mass is 399 g/mol. The van der Waals surface area contributed by atoms with Crippen LogP contribution in [0.15, 0.2) is 52.5 Å². The van der Waals surface area contributed by atoms with Crippen LogP contribution in [0, 0.1) is 20.8 Å². The quantitative estimate of drug-likeness (QED) is 0.384. The van der Waals surface area contributed by atoms with Gasteiger partial charge in [-0.1, -0.05) is 35.5 Å². The highest BCUT2D eigenvalue weighted by Gasteiger charge is 2.10. The fraction of sp³-hybridized carbons (Fsp3) is 0.333. The zero-order chi connectivity index (χ0) is 19.2. The van der Waals surface area contributed by atoms with E-state index in [4.69, 9.17) is 4.74 Å². The van der Waals surface area contributed by atoms with Crippen molar-refractivity contribution in [3.8, 4) is 5.75 Å². The Kier molecular flexibility index (Phi) is 6.85. The molecule has 0 N–H and O–H groups in total. The van der Waals surface area contributed by atoms with Crippen LogP contribution >= 0.6 is 23.5 Å². The molecule has 0 fully saturated rings. The van der Waals surface area contributed by atoms with Crippen molar-refractivity contribution in [1.29, 1.82) is 0 Å². The van der Waals surface area contributed by atoms with E-state index in [0.717, 1.165) is 28.2 Å². The summed E-state index contributed by atoms with van der Waals surface area (Å²) in [6.07, 6.45) is 0. The summed E-state index contributed by atoms with van der Waals surface area (Å²) in [5, 5.41) is 9.59. The summed E-state index contributed by atoms with van der Waals surface area (Å²) in [7, 11) is 2.03. The molecule has 0 atom stereocenters. The van der Waals surface area contributed by atoms with Gasteiger partial charge in [0, 0.05) is 17.7 Å². The van der Waals surface area contributed by atoms with Crippen molar-refractivity contribution in [2.24, 2.45) is 7.05 Å². The molecular formula is C21H25N3OS2. The number of aromatic nitrogens is 3. The van der Waals surface area contributed by atoms with E-state index in [1.807, 2.05) is 7.05 Å². The van der Waals surface area contributed by atoms with Crippen molar-refractivity contribution in [2.75, 3.05) is 12.4 Å². The minimum Gasteiger partial charge on any atom is -0.493 e. The van der Waals surface area contributed by atoms with Crippen LogP contribution in [-0.2, 0) is 12.8 Å². The van der Waals surface area contributed by atoms with Gasteiger partial charge in [0.1, 0.15) is 11.6 Å². The Labute approximate surface area is 169 Å². The van der Waals surface area contributed by atoms with Gasteiger partial charge in [-0.3, -0.25) is 0 Å². The lowest BCUT2D eigenvalue weighted by Gasteiger charge is -2.08. The topological polar surface area (TPSA) is 39.9 Å². The normalized spacial score (nSPS) is 11.0. The molecule has 0 bridgehead atoms. The van der Waals surface area contributed by atoms with Gasteiger partial charge in [-0.05, 0) is 56.2 Å². The van der Waals surface area contributed by atoms with Crippen molar-refractivity contribution < 1.29 is 4.74 Å². The second kappa shape index (κ2) is 9.33. The number of rotatable bonds is 8. The third-order valence-electron chi connectivity index (χ3n) is 4.09. The molecule has 3 rings (SSSR count). The van der Waals surface area contributed by atoms with Crippen LogP contribution in [0.25, 0.3) is 0 Å². The highest BCUT2D eigenvalue weighted by atomic mass is 32.2. The Balaban J connectivity index is 1.47. The molecule has 0 saturated heterocycles. The fourth-order valence-corrected chi connectivity index (χ4v) is 4.31. The summed E-state index contributed by atoms with van der Waals surface area (Å²) in [5.41, 5.74) is 3.73. The van der Waals surface area contributed by atoms with Gasteiger partial charge >= 0.3 is 0 Å². The van der Waals surface area contributed by atoms with Gasteiger partial charge in [0.2, 0.25) is 0 Å². The smallest absolute Gasteiger partial charge is 0.191 e. The van der Waals surface area contributed by atoms with E-state index in [9.17, 15) is 0 Å². The Morgan fingerprint density at radius 3 is 2.30 bits per heavy atom. The van der Waals surface area contributed by atoms with Gasteiger partial charge in [-0.25, -0.2) is 0 Å². The molecule has 0 aliphatic carbocycles. The molecule has 0 aliphatic heterocycles. The van der Waals surface area contributed by atoms with Gasteiger partial charge in [0.05, 0.1) is 12.4 Å². The van der Waals surface area contributed by atoms with Crippen LogP contribution < -0.4 is 4.74 Å². The summed E-state index contributed by atoms with van der Waals surface area (Å²) in [4.78, 5) is 1.25. The Morgan fingerprint density at radius 2 is 1.59 bits per heavy atom. The lowest BCUT2D eigenvalue weighted by molar-refractivity contribution is 0.343. The first-order valence-corrected chi connectivity index (χ1v) is 10.9. The maximum Gasteiger partial charge on any atom is 0.191 e. The van der Waals surface area contributed by atoms with E-state index in [0.29, 0.717) is 6.61 Å². The highest BCUT2D eigenvalue weighted by Crippen LogP contribution is 2.24. The second-order valence-electron chi connectivity index (χ2n) is 6.58. The van der Waals surface area contributed by atoms with Gasteiger partial charge in [0.15, 0.2) is 5.16 Å². The molecule has 0 spiro atoms. The van der Waals surface area contributed by atoms with Gasteiger partial charge in [0.25, 0.3) is 0 Å². The average molecular weight is 400 g/mol. The minimum absolute atomic E-state index is 0.647. The van der Waals surface area contributed by atoms with E-state index in [2.05, 4.69) is 78.0 Å². The van der Waals surface area contributed by atoms with Crippen molar-refractivity contribution in [2.45, 2.75) is 36.6 Å². The molecule has 1 aromatic heterocycles. The molecule has 2 aromatic carbocycles. The highest BCUT2D eigenvalue weighted by molar-refractivity contribution is 7.99. The predicted octanol–water partition coefficient (Wildman–Crippen LogP) is 5.20. The second-order valence-corrected chi connectivity index (χ2v) is 8.69. The van der Waals surface area contributed by atoms with Crippen molar-refractivity contribution >= 4 is 23.5 Å². The maximum absolute atomic E-state index is 5.87. The first-order valence-electron chi connectivity index (χ1n) is 8.93. The summed E-state index contributed by atoms with van der Waals surface area (Å²) >= 11 is 3.45. The van der Waals surface area contributed by atoms with Crippen molar-refractivity contribution in [1.82, 2.24) is 14.8 Å². The molecule has 1 heterocycles. The molecule has 4 nitrogen and oxygen atoms in total. The summed E-state index contributed by atoms with van der Waals surface area (Å²) in [6.45, 7) is 6.92.